The predicted molar refractivity (Wildman–Crippen MR) is 64.6 cm³/mol. The van der Waals surface area contributed by atoms with Crippen molar-refractivity contribution in [2.75, 3.05) is 7.11 Å². The second-order valence-electron chi connectivity index (χ2n) is 4.00. The van der Waals surface area contributed by atoms with Gasteiger partial charge in [-0.1, -0.05) is 25.5 Å². The number of carbonyl (C=O) groups excluding carboxylic acids is 2. The molecule has 3 heteroatoms. The average molecular weight is 230 g/mol. The minimum atomic E-state index is -0.138. The Labute approximate surface area is 100 Å². The monoisotopic (exact) mass is 230 g/mol. The van der Waals surface area contributed by atoms with E-state index in [9.17, 15) is 9.59 Å². The Morgan fingerprint density at radius 1 is 1.24 bits per heavy atom. The molecule has 1 aromatic rings. The number of rotatable bonds is 3. The molecule has 3 nitrogen and oxygen atoms in total. The zero-order chi connectivity index (χ0) is 12.4. The van der Waals surface area contributed by atoms with E-state index < -0.39 is 0 Å². The molecule has 0 amide bonds. The summed E-state index contributed by atoms with van der Waals surface area (Å²) in [6, 6.07) is 5.11. The van der Waals surface area contributed by atoms with Crippen LogP contribution in [0.25, 0.3) is 0 Å². The van der Waals surface area contributed by atoms with Gasteiger partial charge in [-0.3, -0.25) is 9.59 Å². The first-order chi connectivity index (χ1) is 8.19. The van der Waals surface area contributed by atoms with E-state index in [1.165, 1.54) is 13.2 Å². The van der Waals surface area contributed by atoms with E-state index in [0.29, 0.717) is 28.9 Å². The number of carbonyl (C=O) groups is 2. The first-order valence-corrected chi connectivity index (χ1v) is 5.65. The molecule has 1 aliphatic rings. The topological polar surface area (TPSA) is 43.4 Å². The molecule has 0 aromatic heterocycles. The SMILES string of the molecule is CCCC1=CC(=O)c2c(OC)cccc2C1=O. The van der Waals surface area contributed by atoms with Gasteiger partial charge in [0.2, 0.25) is 0 Å². The number of hydrogen-bond acceptors (Lipinski definition) is 3. The molecule has 0 spiro atoms. The van der Waals surface area contributed by atoms with Crippen molar-refractivity contribution in [3.63, 3.8) is 0 Å². The van der Waals surface area contributed by atoms with Gasteiger partial charge in [-0.2, -0.15) is 0 Å². The highest BCUT2D eigenvalue weighted by Gasteiger charge is 2.27. The van der Waals surface area contributed by atoms with Gasteiger partial charge in [0, 0.05) is 11.1 Å². The average Bonchev–Trinajstić information content (AvgIpc) is 2.35. The number of allylic oxidation sites excluding steroid dienone is 2. The molecular weight excluding hydrogens is 216 g/mol. The van der Waals surface area contributed by atoms with Crippen molar-refractivity contribution in [2.45, 2.75) is 19.8 Å². The fraction of sp³-hybridized carbons (Fsp3) is 0.286. The Morgan fingerprint density at radius 3 is 2.65 bits per heavy atom. The van der Waals surface area contributed by atoms with Crippen LogP contribution in [0.15, 0.2) is 29.8 Å². The molecule has 0 heterocycles. The van der Waals surface area contributed by atoms with Crippen molar-refractivity contribution in [2.24, 2.45) is 0 Å². The summed E-state index contributed by atoms with van der Waals surface area (Å²) in [5.74, 6) is 0.272. The minimum Gasteiger partial charge on any atom is -0.496 e. The van der Waals surface area contributed by atoms with Gasteiger partial charge in [0.15, 0.2) is 11.6 Å². The van der Waals surface area contributed by atoms with Crippen LogP contribution in [-0.4, -0.2) is 18.7 Å². The molecule has 0 atom stereocenters. The van der Waals surface area contributed by atoms with Crippen LogP contribution in [0.5, 0.6) is 5.75 Å². The first kappa shape index (κ1) is 11.6. The number of fused-ring (bicyclic) bond motifs is 1. The number of ketones is 2. The van der Waals surface area contributed by atoms with Gasteiger partial charge in [0.25, 0.3) is 0 Å². The van der Waals surface area contributed by atoms with Crippen LogP contribution in [0.3, 0.4) is 0 Å². The minimum absolute atomic E-state index is 0.0552. The molecule has 88 valence electrons. The molecule has 0 N–H and O–H groups in total. The molecule has 0 aliphatic heterocycles. The lowest BCUT2D eigenvalue weighted by atomic mass is 9.87. The molecule has 0 radical (unpaired) electrons. The maximum Gasteiger partial charge on any atom is 0.190 e. The maximum atomic E-state index is 12.1. The summed E-state index contributed by atoms with van der Waals surface area (Å²) < 4.78 is 5.12. The molecule has 17 heavy (non-hydrogen) atoms. The zero-order valence-electron chi connectivity index (χ0n) is 9.95. The molecule has 1 aliphatic carbocycles. The lowest BCUT2D eigenvalue weighted by molar-refractivity contribution is 0.0979. The molecule has 0 saturated carbocycles. The van der Waals surface area contributed by atoms with Crippen molar-refractivity contribution in [3.05, 3.63) is 41.0 Å². The van der Waals surface area contributed by atoms with Gasteiger partial charge >= 0.3 is 0 Å². The number of Topliss-reactive ketones (excluding diaryl/α,β-unsaturated/α-hetero) is 1. The Balaban J connectivity index is 2.55. The quantitative estimate of drug-likeness (QED) is 0.801. The zero-order valence-corrected chi connectivity index (χ0v) is 9.95. The van der Waals surface area contributed by atoms with Crippen LogP contribution < -0.4 is 4.74 Å². The predicted octanol–water partition coefficient (Wildman–Crippen LogP) is 2.80. The van der Waals surface area contributed by atoms with Crippen molar-refractivity contribution in [1.82, 2.24) is 0 Å². The van der Waals surface area contributed by atoms with E-state index in [-0.39, 0.29) is 11.6 Å². The van der Waals surface area contributed by atoms with E-state index in [2.05, 4.69) is 0 Å². The fourth-order valence-electron chi connectivity index (χ4n) is 2.07. The van der Waals surface area contributed by atoms with Crippen LogP contribution in [-0.2, 0) is 0 Å². The van der Waals surface area contributed by atoms with Gasteiger partial charge in [-0.15, -0.1) is 0 Å². The van der Waals surface area contributed by atoms with Crippen LogP contribution >= 0.6 is 0 Å². The second-order valence-corrected chi connectivity index (χ2v) is 4.00. The highest BCUT2D eigenvalue weighted by atomic mass is 16.5. The Kier molecular flexibility index (Phi) is 3.09. The van der Waals surface area contributed by atoms with Crippen molar-refractivity contribution >= 4 is 11.6 Å². The van der Waals surface area contributed by atoms with Gasteiger partial charge in [0.1, 0.15) is 5.75 Å². The summed E-state index contributed by atoms with van der Waals surface area (Å²) in [5.41, 5.74) is 1.44. The fourth-order valence-corrected chi connectivity index (χ4v) is 2.07. The third-order valence-corrected chi connectivity index (χ3v) is 2.85. The Morgan fingerprint density at radius 2 is 2.00 bits per heavy atom. The van der Waals surface area contributed by atoms with Gasteiger partial charge < -0.3 is 4.74 Å². The molecule has 0 bridgehead atoms. The lowest BCUT2D eigenvalue weighted by Gasteiger charge is -2.16. The second kappa shape index (κ2) is 4.53. The third kappa shape index (κ3) is 1.88. The van der Waals surface area contributed by atoms with Gasteiger partial charge in [0.05, 0.1) is 12.7 Å². The van der Waals surface area contributed by atoms with E-state index in [1.807, 2.05) is 6.92 Å². The molecule has 1 aromatic carbocycles. The molecular formula is C14H14O3. The number of methoxy groups -OCH3 is 1. The van der Waals surface area contributed by atoms with Crippen LogP contribution in [0.4, 0.5) is 0 Å². The van der Waals surface area contributed by atoms with Crippen LogP contribution in [0.2, 0.25) is 0 Å². The Hall–Kier alpha value is -1.90. The van der Waals surface area contributed by atoms with E-state index in [1.54, 1.807) is 18.2 Å². The summed E-state index contributed by atoms with van der Waals surface area (Å²) in [7, 11) is 1.50. The Bertz CT molecular complexity index is 512. The van der Waals surface area contributed by atoms with Crippen LogP contribution in [0, 0.1) is 0 Å². The summed E-state index contributed by atoms with van der Waals surface area (Å²) >= 11 is 0. The summed E-state index contributed by atoms with van der Waals surface area (Å²) in [6.45, 7) is 1.99. The smallest absolute Gasteiger partial charge is 0.190 e. The molecule has 0 unspecified atom stereocenters. The van der Waals surface area contributed by atoms with E-state index >= 15 is 0 Å². The summed E-state index contributed by atoms with van der Waals surface area (Å²) in [5, 5.41) is 0. The number of ether oxygens (including phenoxy) is 1. The van der Waals surface area contributed by atoms with E-state index in [0.717, 1.165) is 6.42 Å². The third-order valence-electron chi connectivity index (χ3n) is 2.85. The summed E-state index contributed by atoms with van der Waals surface area (Å²) in [4.78, 5) is 24.1. The van der Waals surface area contributed by atoms with Crippen molar-refractivity contribution in [1.29, 1.82) is 0 Å². The number of hydrogen-bond donors (Lipinski definition) is 0. The summed E-state index contributed by atoms with van der Waals surface area (Å²) in [6.07, 6.45) is 2.93. The number of benzene rings is 1. The lowest BCUT2D eigenvalue weighted by Crippen LogP contribution is -2.17. The molecule has 2 rings (SSSR count). The maximum absolute atomic E-state index is 12.1. The normalized spacial score (nSPS) is 14.4. The van der Waals surface area contributed by atoms with Crippen molar-refractivity contribution in [3.8, 4) is 5.75 Å². The van der Waals surface area contributed by atoms with E-state index in [4.69, 9.17) is 4.74 Å². The van der Waals surface area contributed by atoms with Crippen LogP contribution in [0.1, 0.15) is 40.5 Å². The van der Waals surface area contributed by atoms with Gasteiger partial charge in [-0.05, 0) is 18.6 Å². The first-order valence-electron chi connectivity index (χ1n) is 5.65. The largest absolute Gasteiger partial charge is 0.496 e. The van der Waals surface area contributed by atoms with Gasteiger partial charge in [-0.25, -0.2) is 0 Å². The standard InChI is InChI=1S/C14H14O3/c1-3-5-9-8-11(15)13-10(14(9)16)6-4-7-12(13)17-2/h4,6-8H,3,5H2,1-2H3. The highest BCUT2D eigenvalue weighted by Crippen LogP contribution is 2.30. The molecule has 0 saturated heterocycles. The molecule has 0 fully saturated rings. The van der Waals surface area contributed by atoms with Crippen molar-refractivity contribution < 1.29 is 14.3 Å². The highest BCUT2D eigenvalue weighted by molar-refractivity contribution is 6.25.